The number of halogens is 1. The fraction of sp³-hybridized carbons (Fsp3) is 0.667. The molecule has 102 valence electrons. The molecule has 0 aliphatic rings. The third-order valence-corrected chi connectivity index (χ3v) is 3.56. The number of Topliss-reactive ketones (excluding diaryl/α,β-unsaturated/α-hetero) is 1. The maximum absolute atomic E-state index is 12.0. The van der Waals surface area contributed by atoms with E-state index >= 15 is 0 Å². The Morgan fingerprint density at radius 3 is 2.44 bits per heavy atom. The number of alkyl halides is 1. The summed E-state index contributed by atoms with van der Waals surface area (Å²) >= 11 is 5.88. The first-order chi connectivity index (χ1) is 8.34. The van der Waals surface area contributed by atoms with Gasteiger partial charge in [0.1, 0.15) is 0 Å². The summed E-state index contributed by atoms with van der Waals surface area (Å²) in [5, 5.41) is -0.449. The number of hydrogen-bond acceptors (Lipinski definition) is 1. The molecule has 18 heavy (non-hydrogen) atoms. The number of ketones is 1. The molecule has 0 bridgehead atoms. The van der Waals surface area contributed by atoms with Crippen molar-refractivity contribution in [1.82, 2.24) is 4.57 Å². The zero-order chi connectivity index (χ0) is 13.9. The van der Waals surface area contributed by atoms with E-state index in [0.29, 0.717) is 0 Å². The Hall–Kier alpha value is -0.760. The molecule has 0 saturated carbocycles. The minimum absolute atomic E-state index is 0.0277. The van der Waals surface area contributed by atoms with E-state index in [4.69, 9.17) is 11.6 Å². The van der Waals surface area contributed by atoms with Gasteiger partial charge >= 0.3 is 0 Å². The number of carbonyl (C=O) groups is 1. The molecule has 0 aliphatic heterocycles. The Balaban J connectivity index is 2.84. The lowest BCUT2D eigenvalue weighted by Gasteiger charge is -2.11. The minimum Gasteiger partial charge on any atom is -0.348 e. The molecule has 0 N–H and O–H groups in total. The summed E-state index contributed by atoms with van der Waals surface area (Å²) in [6, 6.07) is 1.96. The predicted octanol–water partition coefficient (Wildman–Crippen LogP) is 4.35. The van der Waals surface area contributed by atoms with Crippen LogP contribution in [0.25, 0.3) is 0 Å². The van der Waals surface area contributed by atoms with Gasteiger partial charge in [-0.1, -0.05) is 13.8 Å². The lowest BCUT2D eigenvalue weighted by Crippen LogP contribution is -2.12. The van der Waals surface area contributed by atoms with Crippen LogP contribution in [-0.4, -0.2) is 15.7 Å². The van der Waals surface area contributed by atoms with Gasteiger partial charge in [-0.15, -0.1) is 11.6 Å². The standard InChI is InChI=1S/C15H24ClNO/c1-10(2)7-6-8-17-11(3)9-14(13(17)5)15(18)12(4)16/h9-10,12H,6-8H2,1-5H3. The highest BCUT2D eigenvalue weighted by atomic mass is 35.5. The zero-order valence-corrected chi connectivity index (χ0v) is 12.8. The average molecular weight is 270 g/mol. The number of rotatable bonds is 6. The third-order valence-electron chi connectivity index (χ3n) is 3.36. The summed E-state index contributed by atoms with van der Waals surface area (Å²) in [7, 11) is 0. The van der Waals surface area contributed by atoms with Crippen molar-refractivity contribution in [2.24, 2.45) is 5.92 Å². The summed E-state index contributed by atoms with van der Waals surface area (Å²) in [6.07, 6.45) is 2.37. The molecule has 0 aliphatic carbocycles. The molecule has 3 heteroatoms. The van der Waals surface area contributed by atoms with Gasteiger partial charge in [-0.25, -0.2) is 0 Å². The SMILES string of the molecule is Cc1cc(C(=O)C(C)Cl)c(C)n1CCCC(C)C. The third kappa shape index (κ3) is 3.61. The molecule has 1 unspecified atom stereocenters. The van der Waals surface area contributed by atoms with E-state index in [1.54, 1.807) is 6.92 Å². The van der Waals surface area contributed by atoms with Crippen LogP contribution in [0.1, 0.15) is 55.4 Å². The molecule has 0 saturated heterocycles. The van der Waals surface area contributed by atoms with Gasteiger partial charge in [0, 0.05) is 23.5 Å². The predicted molar refractivity (Wildman–Crippen MR) is 77.6 cm³/mol. The monoisotopic (exact) mass is 269 g/mol. The molecule has 1 aromatic heterocycles. The topological polar surface area (TPSA) is 22.0 Å². The average Bonchev–Trinajstić information content (AvgIpc) is 2.55. The molecule has 0 fully saturated rings. The highest BCUT2D eigenvalue weighted by Gasteiger charge is 2.19. The van der Waals surface area contributed by atoms with Gasteiger partial charge in [0.05, 0.1) is 5.38 Å². The van der Waals surface area contributed by atoms with E-state index in [9.17, 15) is 4.79 Å². The maximum atomic E-state index is 12.0. The van der Waals surface area contributed by atoms with Crippen molar-refractivity contribution in [2.45, 2.75) is 59.4 Å². The van der Waals surface area contributed by atoms with Gasteiger partial charge < -0.3 is 4.57 Å². The maximum Gasteiger partial charge on any atom is 0.182 e. The summed E-state index contributed by atoms with van der Waals surface area (Å²) in [6.45, 7) is 11.3. The van der Waals surface area contributed by atoms with Crippen molar-refractivity contribution in [3.05, 3.63) is 23.0 Å². The largest absolute Gasteiger partial charge is 0.348 e. The molecular weight excluding hydrogens is 246 g/mol. The second kappa shape index (κ2) is 6.42. The number of aromatic nitrogens is 1. The first-order valence-electron chi connectivity index (χ1n) is 6.69. The van der Waals surface area contributed by atoms with Gasteiger partial charge in [-0.2, -0.15) is 0 Å². The second-order valence-electron chi connectivity index (χ2n) is 5.45. The normalized spacial score (nSPS) is 13.1. The Morgan fingerprint density at radius 1 is 1.33 bits per heavy atom. The van der Waals surface area contributed by atoms with E-state index in [1.807, 2.05) is 13.0 Å². The second-order valence-corrected chi connectivity index (χ2v) is 6.11. The highest BCUT2D eigenvalue weighted by molar-refractivity contribution is 6.33. The fourth-order valence-electron chi connectivity index (χ4n) is 2.27. The van der Waals surface area contributed by atoms with Crippen LogP contribution in [0.2, 0.25) is 0 Å². The van der Waals surface area contributed by atoms with E-state index in [2.05, 4.69) is 25.3 Å². The van der Waals surface area contributed by atoms with Crippen LogP contribution >= 0.6 is 11.6 Å². The Labute approximate surface area is 115 Å². The van der Waals surface area contributed by atoms with Gasteiger partial charge in [-0.05, 0) is 45.6 Å². The number of hydrogen-bond donors (Lipinski definition) is 0. The first kappa shape index (κ1) is 15.3. The van der Waals surface area contributed by atoms with Crippen molar-refractivity contribution in [3.8, 4) is 0 Å². The number of aryl methyl sites for hydroxylation is 1. The molecule has 1 heterocycles. The van der Waals surface area contributed by atoms with Crippen molar-refractivity contribution in [3.63, 3.8) is 0 Å². The molecule has 1 aromatic rings. The molecular formula is C15H24ClNO. The zero-order valence-electron chi connectivity index (χ0n) is 12.1. The fourth-order valence-corrected chi connectivity index (χ4v) is 2.38. The molecule has 2 nitrogen and oxygen atoms in total. The van der Waals surface area contributed by atoms with Crippen LogP contribution in [0.5, 0.6) is 0 Å². The Morgan fingerprint density at radius 2 is 1.94 bits per heavy atom. The lowest BCUT2D eigenvalue weighted by molar-refractivity contribution is 0.0991. The summed E-state index contributed by atoms with van der Waals surface area (Å²) < 4.78 is 2.23. The summed E-state index contributed by atoms with van der Waals surface area (Å²) in [5.41, 5.74) is 2.98. The Kier molecular flexibility index (Phi) is 5.46. The van der Waals surface area contributed by atoms with E-state index in [0.717, 1.165) is 35.8 Å². The van der Waals surface area contributed by atoms with Gasteiger partial charge in [0.25, 0.3) is 0 Å². The number of carbonyl (C=O) groups excluding carboxylic acids is 1. The van der Waals surface area contributed by atoms with E-state index < -0.39 is 5.38 Å². The van der Waals surface area contributed by atoms with Crippen molar-refractivity contribution in [2.75, 3.05) is 0 Å². The van der Waals surface area contributed by atoms with Crippen LogP contribution in [0.15, 0.2) is 6.07 Å². The van der Waals surface area contributed by atoms with Crippen LogP contribution < -0.4 is 0 Å². The number of nitrogens with zero attached hydrogens (tertiary/aromatic N) is 1. The molecule has 0 radical (unpaired) electrons. The van der Waals surface area contributed by atoms with E-state index in [1.165, 1.54) is 6.42 Å². The van der Waals surface area contributed by atoms with Gasteiger partial charge in [0.15, 0.2) is 5.78 Å². The quantitative estimate of drug-likeness (QED) is 0.556. The van der Waals surface area contributed by atoms with E-state index in [-0.39, 0.29) is 5.78 Å². The molecule has 0 spiro atoms. The van der Waals surface area contributed by atoms with Crippen LogP contribution in [0, 0.1) is 19.8 Å². The highest BCUT2D eigenvalue weighted by Crippen LogP contribution is 2.19. The molecule has 1 rings (SSSR count). The molecule has 0 aromatic carbocycles. The van der Waals surface area contributed by atoms with Crippen molar-refractivity contribution >= 4 is 17.4 Å². The summed E-state index contributed by atoms with van der Waals surface area (Å²) in [4.78, 5) is 12.0. The van der Waals surface area contributed by atoms with Crippen LogP contribution in [0.4, 0.5) is 0 Å². The summed E-state index contributed by atoms with van der Waals surface area (Å²) in [5.74, 6) is 0.755. The molecule has 1 atom stereocenters. The van der Waals surface area contributed by atoms with Crippen LogP contribution in [0.3, 0.4) is 0 Å². The lowest BCUT2D eigenvalue weighted by atomic mass is 10.1. The van der Waals surface area contributed by atoms with Gasteiger partial charge in [0.2, 0.25) is 0 Å². The molecule has 0 amide bonds. The Bertz CT molecular complexity index is 418. The van der Waals surface area contributed by atoms with Crippen molar-refractivity contribution < 1.29 is 4.79 Å². The van der Waals surface area contributed by atoms with Crippen LogP contribution in [-0.2, 0) is 6.54 Å². The smallest absolute Gasteiger partial charge is 0.182 e. The van der Waals surface area contributed by atoms with Gasteiger partial charge in [-0.3, -0.25) is 4.79 Å². The first-order valence-corrected chi connectivity index (χ1v) is 7.13. The minimum atomic E-state index is -0.449. The van der Waals surface area contributed by atoms with Crippen molar-refractivity contribution in [1.29, 1.82) is 0 Å².